The monoisotopic (exact) mass is 366 g/mol. The molecule has 0 radical (unpaired) electrons. The van der Waals surface area contributed by atoms with Gasteiger partial charge < -0.3 is 4.74 Å². The minimum Gasteiger partial charge on any atom is -0.461 e. The summed E-state index contributed by atoms with van der Waals surface area (Å²) in [5.74, 6) is -0.856. The number of hydrogen-bond donors (Lipinski definition) is 1. The van der Waals surface area contributed by atoms with Gasteiger partial charge in [-0.2, -0.15) is 0 Å². The molecule has 1 N–H and O–H groups in total. The molecule has 0 spiro atoms. The second-order valence-corrected chi connectivity index (χ2v) is 6.74. The number of nitrogens with zero attached hydrogens (tertiary/aromatic N) is 1. The second-order valence-electron chi connectivity index (χ2n) is 4.45. The first-order valence-electron chi connectivity index (χ1n) is 6.71. The lowest BCUT2D eigenvalue weighted by molar-refractivity contribution is 0.0520. The van der Waals surface area contributed by atoms with Crippen LogP contribution in [0.15, 0.2) is 29.6 Å². The van der Waals surface area contributed by atoms with Gasteiger partial charge in [-0.3, -0.25) is 10.1 Å². The Kier molecular flexibility index (Phi) is 4.61. The van der Waals surface area contributed by atoms with E-state index in [-0.39, 0.29) is 18.2 Å². The number of aromatic nitrogens is 1. The van der Waals surface area contributed by atoms with Crippen molar-refractivity contribution in [1.82, 2.24) is 4.98 Å². The lowest BCUT2D eigenvalue weighted by atomic mass is 10.2. The summed E-state index contributed by atoms with van der Waals surface area (Å²) in [6, 6.07) is 7.54. The third-order valence-electron chi connectivity index (χ3n) is 2.95. The van der Waals surface area contributed by atoms with Crippen LogP contribution in [0.25, 0.3) is 10.1 Å². The van der Waals surface area contributed by atoms with Crippen LogP contribution in [0.3, 0.4) is 0 Å². The number of ether oxygens (including phenoxy) is 1. The Balaban J connectivity index is 1.81. The quantitative estimate of drug-likeness (QED) is 0.693. The Morgan fingerprint density at radius 1 is 1.35 bits per heavy atom. The van der Waals surface area contributed by atoms with Crippen LogP contribution < -0.4 is 5.32 Å². The Morgan fingerprint density at radius 2 is 2.13 bits per heavy atom. The van der Waals surface area contributed by atoms with Gasteiger partial charge in [0.25, 0.3) is 5.91 Å². The van der Waals surface area contributed by atoms with Crippen LogP contribution in [0.5, 0.6) is 0 Å². The standard InChI is InChI=1S/C15H11ClN2O3S2/c1-2-21-14(20)9-7-22-15(17-9)18-13(19)12-11(16)8-5-3-4-6-10(8)23-12/h3-7H,2H2,1H3,(H,17,18,19). The molecule has 2 aromatic heterocycles. The highest BCUT2D eigenvalue weighted by atomic mass is 35.5. The number of carbonyl (C=O) groups excluding carboxylic acids is 2. The van der Waals surface area contributed by atoms with E-state index < -0.39 is 5.97 Å². The van der Waals surface area contributed by atoms with E-state index in [4.69, 9.17) is 16.3 Å². The molecule has 1 aromatic carbocycles. The highest BCUT2D eigenvalue weighted by Gasteiger charge is 2.19. The maximum atomic E-state index is 12.4. The number of benzene rings is 1. The first-order chi connectivity index (χ1) is 11.1. The highest BCUT2D eigenvalue weighted by molar-refractivity contribution is 7.21. The molecule has 0 saturated heterocycles. The number of hydrogen-bond acceptors (Lipinski definition) is 6. The van der Waals surface area contributed by atoms with Crippen molar-refractivity contribution < 1.29 is 14.3 Å². The molecule has 118 valence electrons. The lowest BCUT2D eigenvalue weighted by Crippen LogP contribution is -2.11. The minimum atomic E-state index is -0.510. The van der Waals surface area contributed by atoms with E-state index in [2.05, 4.69) is 10.3 Å². The fourth-order valence-electron chi connectivity index (χ4n) is 1.94. The van der Waals surface area contributed by atoms with Crippen molar-refractivity contribution in [2.24, 2.45) is 0 Å². The van der Waals surface area contributed by atoms with Gasteiger partial charge in [0.05, 0.1) is 11.6 Å². The number of thiazole rings is 1. The Bertz CT molecular complexity index is 888. The van der Waals surface area contributed by atoms with Crippen molar-refractivity contribution in [2.75, 3.05) is 11.9 Å². The zero-order valence-corrected chi connectivity index (χ0v) is 14.3. The van der Waals surface area contributed by atoms with Gasteiger partial charge in [0, 0.05) is 15.5 Å². The first-order valence-corrected chi connectivity index (χ1v) is 8.78. The fraction of sp³-hybridized carbons (Fsp3) is 0.133. The van der Waals surface area contributed by atoms with Crippen LogP contribution >= 0.6 is 34.3 Å². The summed E-state index contributed by atoms with van der Waals surface area (Å²) >= 11 is 8.74. The molecule has 1 amide bonds. The molecule has 3 aromatic rings. The molecule has 23 heavy (non-hydrogen) atoms. The molecule has 0 aliphatic carbocycles. The number of esters is 1. The average molecular weight is 367 g/mol. The van der Waals surface area contributed by atoms with E-state index in [1.54, 1.807) is 12.3 Å². The van der Waals surface area contributed by atoms with Gasteiger partial charge in [0.1, 0.15) is 4.88 Å². The third-order valence-corrected chi connectivity index (χ3v) is 5.38. The lowest BCUT2D eigenvalue weighted by Gasteiger charge is -1.99. The number of carbonyl (C=O) groups is 2. The molecule has 0 unspecified atom stereocenters. The molecular weight excluding hydrogens is 356 g/mol. The zero-order chi connectivity index (χ0) is 16.4. The molecule has 0 atom stereocenters. The van der Waals surface area contributed by atoms with Crippen molar-refractivity contribution >= 4 is 61.4 Å². The van der Waals surface area contributed by atoms with E-state index in [0.29, 0.717) is 15.0 Å². The summed E-state index contributed by atoms with van der Waals surface area (Å²) in [7, 11) is 0. The molecule has 0 fully saturated rings. The van der Waals surface area contributed by atoms with Crippen molar-refractivity contribution in [3.8, 4) is 0 Å². The maximum Gasteiger partial charge on any atom is 0.357 e. The van der Waals surface area contributed by atoms with Gasteiger partial charge >= 0.3 is 5.97 Å². The minimum absolute atomic E-state index is 0.176. The zero-order valence-electron chi connectivity index (χ0n) is 12.0. The van der Waals surface area contributed by atoms with Gasteiger partial charge in [-0.15, -0.1) is 22.7 Å². The summed E-state index contributed by atoms with van der Waals surface area (Å²) in [5.41, 5.74) is 0.176. The predicted molar refractivity (Wildman–Crippen MR) is 92.9 cm³/mol. The van der Waals surface area contributed by atoms with Crippen molar-refractivity contribution in [3.63, 3.8) is 0 Å². The number of thiophene rings is 1. The topological polar surface area (TPSA) is 68.3 Å². The van der Waals surface area contributed by atoms with Crippen LogP contribution in [0.1, 0.15) is 27.1 Å². The predicted octanol–water partition coefficient (Wildman–Crippen LogP) is 4.44. The van der Waals surface area contributed by atoms with E-state index in [0.717, 1.165) is 21.4 Å². The summed E-state index contributed by atoms with van der Waals surface area (Å²) in [6.07, 6.45) is 0. The molecule has 0 saturated carbocycles. The van der Waals surface area contributed by atoms with Crippen LogP contribution in [0.2, 0.25) is 5.02 Å². The maximum absolute atomic E-state index is 12.4. The largest absolute Gasteiger partial charge is 0.461 e. The Hall–Kier alpha value is -1.96. The van der Waals surface area contributed by atoms with Crippen molar-refractivity contribution in [3.05, 3.63) is 45.2 Å². The normalized spacial score (nSPS) is 10.7. The highest BCUT2D eigenvalue weighted by Crippen LogP contribution is 2.35. The molecule has 0 bridgehead atoms. The van der Waals surface area contributed by atoms with E-state index >= 15 is 0 Å². The summed E-state index contributed by atoms with van der Waals surface area (Å²) in [6.45, 7) is 1.99. The number of fused-ring (bicyclic) bond motifs is 1. The summed E-state index contributed by atoms with van der Waals surface area (Å²) in [4.78, 5) is 28.4. The van der Waals surface area contributed by atoms with E-state index in [1.807, 2.05) is 24.3 Å². The number of halogens is 1. The molecular formula is C15H11ClN2O3S2. The number of anilines is 1. The summed E-state index contributed by atoms with van der Waals surface area (Å²) < 4.78 is 5.80. The molecule has 0 aliphatic heterocycles. The Labute approximate surface area is 144 Å². The number of nitrogens with one attached hydrogen (secondary N) is 1. The van der Waals surface area contributed by atoms with Crippen LogP contribution in [-0.2, 0) is 4.74 Å². The molecule has 2 heterocycles. The Morgan fingerprint density at radius 3 is 2.87 bits per heavy atom. The number of rotatable bonds is 4. The molecule has 5 nitrogen and oxygen atoms in total. The van der Waals surface area contributed by atoms with Crippen LogP contribution in [0, 0.1) is 0 Å². The van der Waals surface area contributed by atoms with Crippen LogP contribution in [-0.4, -0.2) is 23.5 Å². The van der Waals surface area contributed by atoms with E-state index in [1.165, 1.54) is 11.3 Å². The average Bonchev–Trinajstić information content (AvgIpc) is 3.13. The first kappa shape index (κ1) is 15.9. The van der Waals surface area contributed by atoms with E-state index in [9.17, 15) is 9.59 Å². The second kappa shape index (κ2) is 6.66. The van der Waals surface area contributed by atoms with Gasteiger partial charge in [-0.1, -0.05) is 29.8 Å². The number of amides is 1. The van der Waals surface area contributed by atoms with Gasteiger partial charge in [-0.25, -0.2) is 9.78 Å². The van der Waals surface area contributed by atoms with Gasteiger partial charge in [-0.05, 0) is 13.0 Å². The molecule has 0 aliphatic rings. The fourth-order valence-corrected chi connectivity index (χ4v) is 4.03. The van der Waals surface area contributed by atoms with Gasteiger partial charge in [0.15, 0.2) is 10.8 Å². The smallest absolute Gasteiger partial charge is 0.357 e. The summed E-state index contributed by atoms with van der Waals surface area (Å²) in [5, 5.41) is 5.80. The third kappa shape index (κ3) is 3.21. The molecule has 3 rings (SSSR count). The molecule has 8 heteroatoms. The van der Waals surface area contributed by atoms with Gasteiger partial charge in [0.2, 0.25) is 0 Å². The SMILES string of the molecule is CCOC(=O)c1csc(NC(=O)c2sc3ccccc3c2Cl)n1. The van der Waals surface area contributed by atoms with Crippen LogP contribution in [0.4, 0.5) is 5.13 Å². The van der Waals surface area contributed by atoms with Crippen molar-refractivity contribution in [1.29, 1.82) is 0 Å². The van der Waals surface area contributed by atoms with Crippen molar-refractivity contribution in [2.45, 2.75) is 6.92 Å².